The van der Waals surface area contributed by atoms with E-state index in [9.17, 15) is 8.42 Å². The second-order valence-corrected chi connectivity index (χ2v) is 7.09. The molecule has 0 aromatic carbocycles. The van der Waals surface area contributed by atoms with Crippen LogP contribution >= 0.6 is 0 Å². The van der Waals surface area contributed by atoms with Crippen molar-refractivity contribution in [3.05, 3.63) is 12.1 Å². The van der Waals surface area contributed by atoms with E-state index in [1.54, 1.807) is 6.07 Å². The number of anilines is 1. The van der Waals surface area contributed by atoms with Crippen molar-refractivity contribution in [2.45, 2.75) is 29.8 Å². The number of pyridine rings is 1. The van der Waals surface area contributed by atoms with E-state index in [2.05, 4.69) is 14.7 Å². The van der Waals surface area contributed by atoms with Gasteiger partial charge in [0, 0.05) is 26.0 Å². The number of aliphatic hydroxyl groups is 1. The molecule has 0 radical (unpaired) electrons. The van der Waals surface area contributed by atoms with Crippen molar-refractivity contribution in [1.29, 1.82) is 0 Å². The molecule has 2 N–H and O–H groups in total. The zero-order valence-electron chi connectivity index (χ0n) is 12.6. The quantitative estimate of drug-likeness (QED) is 0.771. The molecule has 1 spiro atoms. The lowest BCUT2D eigenvalue weighted by Crippen LogP contribution is -2.43. The number of hydrogen-bond acceptors (Lipinski definition) is 7. The van der Waals surface area contributed by atoms with Crippen LogP contribution in [0.1, 0.15) is 19.3 Å². The van der Waals surface area contributed by atoms with Gasteiger partial charge in [0.05, 0.1) is 19.4 Å². The molecular formula is C14H19N3O5S. The minimum absolute atomic E-state index is 0.0372. The predicted octanol–water partition coefficient (Wildman–Crippen LogP) is 0.577. The van der Waals surface area contributed by atoms with Gasteiger partial charge in [-0.05, 0) is 18.6 Å². The van der Waals surface area contributed by atoms with Crippen LogP contribution in [0, 0.1) is 0 Å². The van der Waals surface area contributed by atoms with Crippen LogP contribution in [0.25, 0.3) is 0 Å². The van der Waals surface area contributed by atoms with Crippen molar-refractivity contribution in [2.24, 2.45) is 4.40 Å². The van der Waals surface area contributed by atoms with Gasteiger partial charge in [-0.1, -0.05) is 0 Å². The summed E-state index contributed by atoms with van der Waals surface area (Å²) in [5.74, 6) is 0.551. The van der Waals surface area contributed by atoms with E-state index >= 15 is 0 Å². The summed E-state index contributed by atoms with van der Waals surface area (Å²) in [7, 11) is -3.82. The van der Waals surface area contributed by atoms with Gasteiger partial charge in [0.1, 0.15) is 5.82 Å². The molecule has 23 heavy (non-hydrogen) atoms. The van der Waals surface area contributed by atoms with Gasteiger partial charge in [0.15, 0.2) is 10.5 Å². The monoisotopic (exact) mass is 341 g/mol. The van der Waals surface area contributed by atoms with Crippen LogP contribution in [0.2, 0.25) is 0 Å². The molecule has 1 fully saturated rings. The standard InChI is InChI=1S/C14H19N3O5S/c18-7-1-6-15-12-3-2-11-13(17-12)22-14(4-8-21-9-5-14)10-16-23(11,19)20/h2-3,10,18H,1,4-9H2,(H,15,17). The molecule has 0 saturated carbocycles. The number of rotatable bonds is 4. The number of fused-ring (bicyclic) bond motifs is 1. The van der Waals surface area contributed by atoms with Crippen molar-refractivity contribution < 1.29 is 23.0 Å². The third-order valence-corrected chi connectivity index (χ3v) is 5.06. The Labute approximate surface area is 134 Å². The van der Waals surface area contributed by atoms with E-state index in [0.29, 0.717) is 44.8 Å². The van der Waals surface area contributed by atoms with Crippen molar-refractivity contribution in [3.8, 4) is 5.88 Å². The predicted molar refractivity (Wildman–Crippen MR) is 83.5 cm³/mol. The lowest BCUT2D eigenvalue weighted by atomic mass is 9.96. The summed E-state index contributed by atoms with van der Waals surface area (Å²) in [4.78, 5) is 4.24. The number of sulfonamides is 1. The summed E-state index contributed by atoms with van der Waals surface area (Å²) in [6.45, 7) is 1.57. The van der Waals surface area contributed by atoms with Crippen molar-refractivity contribution in [1.82, 2.24) is 4.98 Å². The molecule has 8 nitrogen and oxygen atoms in total. The summed E-state index contributed by atoms with van der Waals surface area (Å²) in [5, 5.41) is 11.8. The first kappa shape index (κ1) is 16.2. The Kier molecular flexibility index (Phi) is 4.51. The molecule has 2 aliphatic heterocycles. The fourth-order valence-corrected chi connectivity index (χ4v) is 3.47. The lowest BCUT2D eigenvalue weighted by Gasteiger charge is -2.32. The molecule has 3 rings (SSSR count). The second kappa shape index (κ2) is 6.42. The van der Waals surface area contributed by atoms with Crippen LogP contribution < -0.4 is 10.1 Å². The van der Waals surface area contributed by atoms with Crippen LogP contribution in [0.5, 0.6) is 5.88 Å². The van der Waals surface area contributed by atoms with Crippen LogP contribution in [0.15, 0.2) is 21.4 Å². The molecule has 0 aliphatic carbocycles. The first-order valence-electron chi connectivity index (χ1n) is 7.49. The number of aromatic nitrogens is 1. The Morgan fingerprint density at radius 2 is 2.09 bits per heavy atom. The molecule has 1 aromatic rings. The molecule has 0 unspecified atom stereocenters. The number of hydrogen-bond donors (Lipinski definition) is 2. The van der Waals surface area contributed by atoms with E-state index in [-0.39, 0.29) is 17.4 Å². The van der Waals surface area contributed by atoms with Crippen molar-refractivity contribution in [3.63, 3.8) is 0 Å². The molecule has 0 amide bonds. The van der Waals surface area contributed by atoms with Crippen LogP contribution in [-0.4, -0.2) is 56.7 Å². The highest BCUT2D eigenvalue weighted by molar-refractivity contribution is 7.90. The second-order valence-electron chi connectivity index (χ2n) is 5.49. The fourth-order valence-electron chi connectivity index (χ4n) is 2.48. The Bertz CT molecular complexity index is 698. The average Bonchev–Trinajstić information content (AvgIpc) is 2.64. The minimum Gasteiger partial charge on any atom is -0.464 e. The Hall–Kier alpha value is -1.71. The van der Waals surface area contributed by atoms with Crippen molar-refractivity contribution >= 4 is 22.1 Å². The molecular weight excluding hydrogens is 322 g/mol. The lowest BCUT2D eigenvalue weighted by molar-refractivity contribution is -0.00575. The average molecular weight is 341 g/mol. The molecule has 9 heteroatoms. The molecule has 3 heterocycles. The third-order valence-electron chi connectivity index (χ3n) is 3.81. The number of ether oxygens (including phenoxy) is 2. The maximum atomic E-state index is 12.3. The van der Waals surface area contributed by atoms with Gasteiger partial charge in [-0.2, -0.15) is 17.8 Å². The summed E-state index contributed by atoms with van der Waals surface area (Å²) >= 11 is 0. The topological polar surface area (TPSA) is 110 Å². The Balaban J connectivity index is 1.94. The van der Waals surface area contributed by atoms with Gasteiger partial charge in [0.25, 0.3) is 10.0 Å². The largest absolute Gasteiger partial charge is 0.464 e. The van der Waals surface area contributed by atoms with Crippen LogP contribution in [0.4, 0.5) is 5.82 Å². The summed E-state index contributed by atoms with van der Waals surface area (Å²) in [6.07, 6.45) is 2.98. The molecule has 0 atom stereocenters. The Morgan fingerprint density at radius 1 is 1.30 bits per heavy atom. The van der Waals surface area contributed by atoms with E-state index in [1.807, 2.05) is 0 Å². The maximum Gasteiger partial charge on any atom is 0.287 e. The minimum atomic E-state index is -3.82. The van der Waals surface area contributed by atoms with E-state index in [0.717, 1.165) is 0 Å². The Morgan fingerprint density at radius 3 is 2.83 bits per heavy atom. The number of aliphatic hydroxyl groups excluding tert-OH is 1. The van der Waals surface area contributed by atoms with E-state index in [1.165, 1.54) is 12.3 Å². The molecule has 1 saturated heterocycles. The molecule has 2 aliphatic rings. The summed E-state index contributed by atoms with van der Waals surface area (Å²) < 4.78 is 39.6. The highest BCUT2D eigenvalue weighted by Gasteiger charge is 2.39. The summed E-state index contributed by atoms with van der Waals surface area (Å²) in [5.41, 5.74) is -0.798. The van der Waals surface area contributed by atoms with Crippen molar-refractivity contribution in [2.75, 3.05) is 31.7 Å². The summed E-state index contributed by atoms with van der Waals surface area (Å²) in [6, 6.07) is 3.00. The molecule has 0 bridgehead atoms. The molecule has 1 aromatic heterocycles. The smallest absolute Gasteiger partial charge is 0.287 e. The first-order valence-corrected chi connectivity index (χ1v) is 8.93. The van der Waals surface area contributed by atoms with Gasteiger partial charge in [0.2, 0.25) is 5.88 Å². The van der Waals surface area contributed by atoms with Gasteiger partial charge < -0.3 is 19.9 Å². The maximum absolute atomic E-state index is 12.3. The normalized spacial score (nSPS) is 21.3. The zero-order chi connectivity index (χ0) is 16.3. The van der Waals surface area contributed by atoms with Gasteiger partial charge in [-0.3, -0.25) is 0 Å². The van der Waals surface area contributed by atoms with Gasteiger partial charge in [-0.15, -0.1) is 0 Å². The van der Waals surface area contributed by atoms with Crippen LogP contribution in [-0.2, 0) is 14.8 Å². The van der Waals surface area contributed by atoms with E-state index in [4.69, 9.17) is 14.6 Å². The highest BCUT2D eigenvalue weighted by Crippen LogP contribution is 2.34. The third kappa shape index (κ3) is 3.46. The van der Waals surface area contributed by atoms with Gasteiger partial charge >= 0.3 is 0 Å². The fraction of sp³-hybridized carbons (Fsp3) is 0.571. The SMILES string of the molecule is O=S1(=O)N=CC2(CCOCC2)Oc2nc(NCCCO)ccc21. The molecule has 126 valence electrons. The zero-order valence-corrected chi connectivity index (χ0v) is 13.4. The number of nitrogens with one attached hydrogen (secondary N) is 1. The highest BCUT2D eigenvalue weighted by atomic mass is 32.2. The first-order chi connectivity index (χ1) is 11.0. The number of nitrogens with zero attached hydrogens (tertiary/aromatic N) is 2. The van der Waals surface area contributed by atoms with Gasteiger partial charge in [-0.25, -0.2) is 0 Å². The van der Waals surface area contributed by atoms with E-state index < -0.39 is 15.6 Å². The van der Waals surface area contributed by atoms with Crippen LogP contribution in [0.3, 0.4) is 0 Å².